The van der Waals surface area contributed by atoms with Gasteiger partial charge in [0.05, 0.1) is 29.0 Å². The van der Waals surface area contributed by atoms with Gasteiger partial charge in [-0.1, -0.05) is 18.2 Å². The SMILES string of the molecule is CC(=O)N(CCc1c2c(nc3ccccc13)-c1cc3c(c(=O)n1C2)COC(=O)[C@H]3OCOP(=O)(O)O)C(C)C. The number of ether oxygens (including phenoxy) is 2. The normalized spacial score (nSPS) is 16.2. The molecular weight excluding hydrogens is 529 g/mol. The summed E-state index contributed by atoms with van der Waals surface area (Å²) in [4.78, 5) is 62.9. The van der Waals surface area contributed by atoms with Gasteiger partial charge in [0.25, 0.3) is 5.56 Å². The molecule has 2 aliphatic rings. The van der Waals surface area contributed by atoms with E-state index in [1.807, 2.05) is 38.1 Å². The highest BCUT2D eigenvalue weighted by Gasteiger charge is 2.37. The number of benzene rings is 1. The van der Waals surface area contributed by atoms with E-state index in [2.05, 4.69) is 4.52 Å². The summed E-state index contributed by atoms with van der Waals surface area (Å²) in [6.45, 7) is 5.08. The second-order valence-corrected chi connectivity index (χ2v) is 11.0. The van der Waals surface area contributed by atoms with Gasteiger partial charge in [0.1, 0.15) is 6.61 Å². The maximum absolute atomic E-state index is 13.6. The summed E-state index contributed by atoms with van der Waals surface area (Å²) in [5, 5.41) is 0.934. The number of carbonyl (C=O) groups is 2. The van der Waals surface area contributed by atoms with Gasteiger partial charge in [0, 0.05) is 36.0 Å². The van der Waals surface area contributed by atoms with Crippen molar-refractivity contribution in [2.24, 2.45) is 0 Å². The number of para-hydroxylation sites is 1. The molecule has 2 aromatic heterocycles. The number of phosphoric acid groups is 1. The van der Waals surface area contributed by atoms with Crippen LogP contribution < -0.4 is 5.56 Å². The Morgan fingerprint density at radius 2 is 2.00 bits per heavy atom. The first-order valence-electron chi connectivity index (χ1n) is 12.4. The molecule has 0 spiro atoms. The summed E-state index contributed by atoms with van der Waals surface area (Å²) in [6, 6.07) is 9.32. The third kappa shape index (κ3) is 5.13. The molecule has 1 atom stereocenters. The molecule has 39 heavy (non-hydrogen) atoms. The smallest absolute Gasteiger partial charge is 0.458 e. The number of aromatic nitrogens is 2. The average molecular weight is 557 g/mol. The van der Waals surface area contributed by atoms with Crippen molar-refractivity contribution >= 4 is 30.6 Å². The minimum atomic E-state index is -4.84. The van der Waals surface area contributed by atoms with Crippen LogP contribution in [-0.4, -0.2) is 55.5 Å². The molecule has 3 aromatic rings. The third-order valence-electron chi connectivity index (χ3n) is 7.05. The van der Waals surface area contributed by atoms with E-state index in [-0.39, 0.29) is 41.8 Å². The fraction of sp³-hybridized carbons (Fsp3) is 0.385. The number of amides is 1. The quantitative estimate of drug-likeness (QED) is 0.187. The number of rotatable bonds is 8. The number of carbonyl (C=O) groups excluding carboxylic acids is 2. The fourth-order valence-electron chi connectivity index (χ4n) is 5.27. The van der Waals surface area contributed by atoms with Crippen molar-refractivity contribution < 1.29 is 37.9 Å². The van der Waals surface area contributed by atoms with Gasteiger partial charge >= 0.3 is 13.8 Å². The Morgan fingerprint density at radius 3 is 2.69 bits per heavy atom. The summed E-state index contributed by atoms with van der Waals surface area (Å²) >= 11 is 0. The number of hydrogen-bond acceptors (Lipinski definition) is 8. The Morgan fingerprint density at radius 1 is 1.26 bits per heavy atom. The molecule has 2 N–H and O–H groups in total. The lowest BCUT2D eigenvalue weighted by Gasteiger charge is -2.26. The topological polar surface area (TPSA) is 157 Å². The summed E-state index contributed by atoms with van der Waals surface area (Å²) in [5.41, 5.74) is 3.73. The predicted molar refractivity (Wildman–Crippen MR) is 138 cm³/mol. The van der Waals surface area contributed by atoms with E-state index in [4.69, 9.17) is 24.2 Å². The van der Waals surface area contributed by atoms with Crippen molar-refractivity contribution in [3.63, 3.8) is 0 Å². The van der Waals surface area contributed by atoms with E-state index in [0.29, 0.717) is 24.4 Å². The first-order valence-corrected chi connectivity index (χ1v) is 13.9. The minimum Gasteiger partial charge on any atom is -0.458 e. The number of pyridine rings is 2. The summed E-state index contributed by atoms with van der Waals surface area (Å²) < 4.78 is 27.4. The summed E-state index contributed by atoms with van der Waals surface area (Å²) in [7, 11) is -4.84. The largest absolute Gasteiger partial charge is 0.471 e. The van der Waals surface area contributed by atoms with Crippen LogP contribution >= 0.6 is 7.82 Å². The van der Waals surface area contributed by atoms with Gasteiger partial charge in [-0.05, 0) is 38.0 Å². The molecule has 2 aliphatic heterocycles. The van der Waals surface area contributed by atoms with Crippen LogP contribution in [-0.2, 0) is 47.7 Å². The molecule has 5 rings (SSSR count). The molecule has 0 unspecified atom stereocenters. The van der Waals surface area contributed by atoms with E-state index in [9.17, 15) is 18.9 Å². The van der Waals surface area contributed by atoms with Crippen LogP contribution in [0.5, 0.6) is 0 Å². The van der Waals surface area contributed by atoms with Gasteiger partial charge in [0.2, 0.25) is 5.91 Å². The molecule has 0 fully saturated rings. The lowest BCUT2D eigenvalue weighted by molar-refractivity contribution is -0.168. The van der Waals surface area contributed by atoms with E-state index in [1.54, 1.807) is 22.5 Å². The molecule has 13 heteroatoms. The maximum atomic E-state index is 13.6. The van der Waals surface area contributed by atoms with Crippen molar-refractivity contribution in [3.8, 4) is 11.4 Å². The molecule has 1 aromatic carbocycles. The highest BCUT2D eigenvalue weighted by Crippen LogP contribution is 2.40. The molecule has 12 nitrogen and oxygen atoms in total. The van der Waals surface area contributed by atoms with Crippen LogP contribution in [0.3, 0.4) is 0 Å². The average Bonchev–Trinajstić information content (AvgIpc) is 3.22. The standard InChI is InChI=1S/C26H28N3O9P/c1-14(2)28(15(3)30)9-8-16-17-6-4-5-7-21(17)27-23-19(16)11-29-22(23)10-18-20(25(29)31)12-36-26(32)24(18)37-13-38-39(33,34)35/h4-7,10,14,24H,8-9,11-13H2,1-3H3,(H2,33,34,35)/t24-/m0/s1. The van der Waals surface area contributed by atoms with Gasteiger partial charge in [-0.3, -0.25) is 14.1 Å². The minimum absolute atomic E-state index is 0.0226. The number of phosphoric ester groups is 1. The number of esters is 1. The van der Waals surface area contributed by atoms with E-state index < -0.39 is 26.7 Å². The number of cyclic esters (lactones) is 1. The predicted octanol–water partition coefficient (Wildman–Crippen LogP) is 2.41. The second-order valence-electron chi connectivity index (χ2n) is 9.74. The number of nitrogens with zero attached hydrogens (tertiary/aromatic N) is 3. The molecule has 0 saturated heterocycles. The third-order valence-corrected chi connectivity index (χ3v) is 7.49. The maximum Gasteiger partial charge on any atom is 0.471 e. The first-order chi connectivity index (χ1) is 18.5. The van der Waals surface area contributed by atoms with Crippen LogP contribution in [0.4, 0.5) is 0 Å². The van der Waals surface area contributed by atoms with E-state index >= 15 is 0 Å². The van der Waals surface area contributed by atoms with Crippen molar-refractivity contribution in [1.82, 2.24) is 14.5 Å². The highest BCUT2D eigenvalue weighted by molar-refractivity contribution is 7.46. The Labute approximate surface area is 223 Å². The van der Waals surface area contributed by atoms with Gasteiger partial charge in [-0.25, -0.2) is 14.3 Å². The highest BCUT2D eigenvalue weighted by atomic mass is 31.2. The monoisotopic (exact) mass is 557 g/mol. The molecule has 0 radical (unpaired) electrons. The molecule has 0 bridgehead atoms. The lowest BCUT2D eigenvalue weighted by Crippen LogP contribution is -2.36. The van der Waals surface area contributed by atoms with Crippen molar-refractivity contribution in [3.05, 3.63) is 62.9 Å². The lowest BCUT2D eigenvalue weighted by atomic mass is 9.96. The van der Waals surface area contributed by atoms with Gasteiger partial charge in [-0.2, -0.15) is 0 Å². The Kier molecular flexibility index (Phi) is 7.17. The molecule has 4 heterocycles. The van der Waals surface area contributed by atoms with Crippen LogP contribution in [0.15, 0.2) is 35.1 Å². The Hall–Kier alpha value is -3.41. The van der Waals surface area contributed by atoms with Crippen LogP contribution in [0.2, 0.25) is 0 Å². The fourth-order valence-corrected chi connectivity index (χ4v) is 5.47. The Balaban J connectivity index is 1.60. The summed E-state index contributed by atoms with van der Waals surface area (Å²) in [5.74, 6) is -0.824. The van der Waals surface area contributed by atoms with E-state index in [1.165, 1.54) is 0 Å². The van der Waals surface area contributed by atoms with Crippen LogP contribution in [0.1, 0.15) is 49.1 Å². The van der Waals surface area contributed by atoms with Gasteiger partial charge in [-0.15, -0.1) is 0 Å². The van der Waals surface area contributed by atoms with Gasteiger partial charge in [0.15, 0.2) is 12.9 Å². The van der Waals surface area contributed by atoms with Crippen molar-refractivity contribution in [2.75, 3.05) is 13.3 Å². The number of fused-ring (bicyclic) bond motifs is 5. The van der Waals surface area contributed by atoms with Crippen molar-refractivity contribution in [1.29, 1.82) is 0 Å². The molecular formula is C26H28N3O9P. The first kappa shape index (κ1) is 27.2. The Bertz CT molecular complexity index is 1590. The molecule has 206 valence electrons. The summed E-state index contributed by atoms with van der Waals surface area (Å²) in [6.07, 6.45) is -0.850. The zero-order valence-corrected chi connectivity index (χ0v) is 22.5. The molecule has 0 saturated carbocycles. The number of hydrogen-bond donors (Lipinski definition) is 2. The van der Waals surface area contributed by atoms with E-state index in [0.717, 1.165) is 22.0 Å². The molecule has 0 aliphatic carbocycles. The molecule has 1 amide bonds. The zero-order valence-electron chi connectivity index (χ0n) is 21.6. The van der Waals surface area contributed by atoms with Crippen molar-refractivity contribution in [2.45, 2.75) is 52.5 Å². The van der Waals surface area contributed by atoms with Crippen LogP contribution in [0, 0.1) is 0 Å². The van der Waals surface area contributed by atoms with Crippen LogP contribution in [0.25, 0.3) is 22.3 Å². The zero-order chi connectivity index (χ0) is 28.1. The second kappa shape index (κ2) is 10.3. The van der Waals surface area contributed by atoms with Gasteiger partial charge < -0.3 is 28.7 Å².